The Morgan fingerprint density at radius 3 is 2.77 bits per heavy atom. The lowest BCUT2D eigenvalue weighted by Crippen LogP contribution is -2.52. The number of aromatic nitrogens is 2. The van der Waals surface area contributed by atoms with Crippen LogP contribution in [0.5, 0.6) is 0 Å². The van der Waals surface area contributed by atoms with Gasteiger partial charge in [-0.05, 0) is 19.0 Å². The molecule has 116 valence electrons. The molecule has 22 heavy (non-hydrogen) atoms. The van der Waals surface area contributed by atoms with Crippen molar-refractivity contribution in [3.8, 4) is 0 Å². The van der Waals surface area contributed by atoms with Gasteiger partial charge in [-0.25, -0.2) is 9.97 Å². The maximum atomic E-state index is 6.27. The molecule has 0 bridgehead atoms. The van der Waals surface area contributed by atoms with E-state index in [1.54, 1.807) is 0 Å². The zero-order chi connectivity index (χ0) is 15.5. The lowest BCUT2D eigenvalue weighted by atomic mass is 10.0. The van der Waals surface area contributed by atoms with Gasteiger partial charge in [0.25, 0.3) is 0 Å². The highest BCUT2D eigenvalue weighted by molar-refractivity contribution is 6.35. The molecular weight excluding hydrogens is 298 g/mol. The van der Waals surface area contributed by atoms with Crippen molar-refractivity contribution in [3.05, 3.63) is 47.2 Å². The van der Waals surface area contributed by atoms with Gasteiger partial charge in [0.1, 0.15) is 17.2 Å². The molecule has 1 aliphatic heterocycles. The summed E-state index contributed by atoms with van der Waals surface area (Å²) in [4.78, 5) is 12.8. The monoisotopic (exact) mass is 317 g/mol. The number of piperazine rings is 1. The molecule has 0 saturated carbocycles. The summed E-state index contributed by atoms with van der Waals surface area (Å²) in [5.41, 5.74) is 7.13. The van der Waals surface area contributed by atoms with E-state index in [-0.39, 0.29) is 0 Å². The fraction of sp³-hybridized carbons (Fsp3) is 0.375. The van der Waals surface area contributed by atoms with E-state index in [2.05, 4.69) is 51.1 Å². The van der Waals surface area contributed by atoms with Crippen molar-refractivity contribution in [2.45, 2.75) is 12.5 Å². The Balaban J connectivity index is 1.77. The highest BCUT2D eigenvalue weighted by Crippen LogP contribution is 2.28. The van der Waals surface area contributed by atoms with E-state index in [1.165, 1.54) is 11.9 Å². The van der Waals surface area contributed by atoms with Crippen LogP contribution in [0, 0.1) is 0 Å². The fourth-order valence-electron chi connectivity index (χ4n) is 2.84. The van der Waals surface area contributed by atoms with Crippen LogP contribution in [0.2, 0.25) is 5.02 Å². The zero-order valence-electron chi connectivity index (χ0n) is 12.6. The number of halogens is 1. The van der Waals surface area contributed by atoms with Gasteiger partial charge < -0.3 is 10.6 Å². The summed E-state index contributed by atoms with van der Waals surface area (Å²) in [6.07, 6.45) is 2.48. The minimum absolute atomic E-state index is 0.338. The Morgan fingerprint density at radius 1 is 1.23 bits per heavy atom. The quantitative estimate of drug-likeness (QED) is 0.939. The highest BCUT2D eigenvalue weighted by Gasteiger charge is 2.27. The predicted octanol–water partition coefficient (Wildman–Crippen LogP) is 2.08. The van der Waals surface area contributed by atoms with Gasteiger partial charge in [0, 0.05) is 25.7 Å². The van der Waals surface area contributed by atoms with Crippen molar-refractivity contribution < 1.29 is 0 Å². The maximum absolute atomic E-state index is 6.27. The molecule has 1 saturated heterocycles. The number of anilines is 2. The summed E-state index contributed by atoms with van der Waals surface area (Å²) < 4.78 is 0. The van der Waals surface area contributed by atoms with Crippen molar-refractivity contribution >= 4 is 23.2 Å². The van der Waals surface area contributed by atoms with Gasteiger partial charge in [0.2, 0.25) is 0 Å². The molecule has 0 spiro atoms. The second-order valence-electron chi connectivity index (χ2n) is 5.67. The topological polar surface area (TPSA) is 58.3 Å². The molecule has 3 rings (SSSR count). The fourth-order valence-corrected chi connectivity index (χ4v) is 3.06. The van der Waals surface area contributed by atoms with Crippen LogP contribution in [0.1, 0.15) is 5.56 Å². The van der Waals surface area contributed by atoms with Crippen LogP contribution in [-0.4, -0.2) is 47.6 Å². The van der Waals surface area contributed by atoms with Gasteiger partial charge in [-0.1, -0.05) is 41.9 Å². The highest BCUT2D eigenvalue weighted by atomic mass is 35.5. The third-order valence-electron chi connectivity index (χ3n) is 4.19. The Kier molecular flexibility index (Phi) is 4.45. The molecule has 6 heteroatoms. The van der Waals surface area contributed by atoms with Crippen molar-refractivity contribution in [3.63, 3.8) is 0 Å². The van der Waals surface area contributed by atoms with Crippen LogP contribution >= 0.6 is 11.6 Å². The standard InChI is InChI=1S/C16H20ClN5/c1-21-7-8-22(16-14(17)15(18)19-11-20-16)10-13(21)9-12-5-3-2-4-6-12/h2-6,11,13H,7-10H2,1H3,(H2,18,19,20). The van der Waals surface area contributed by atoms with Crippen molar-refractivity contribution in [2.24, 2.45) is 0 Å². The lowest BCUT2D eigenvalue weighted by molar-refractivity contribution is 0.217. The minimum Gasteiger partial charge on any atom is -0.382 e. The van der Waals surface area contributed by atoms with Crippen molar-refractivity contribution in [1.29, 1.82) is 0 Å². The van der Waals surface area contributed by atoms with Crippen LogP contribution in [-0.2, 0) is 6.42 Å². The largest absolute Gasteiger partial charge is 0.382 e. The smallest absolute Gasteiger partial charge is 0.153 e. The number of likely N-dealkylation sites (N-methyl/N-ethyl adjacent to an activating group) is 1. The summed E-state index contributed by atoms with van der Waals surface area (Å²) in [5.74, 6) is 1.07. The first-order valence-electron chi connectivity index (χ1n) is 7.40. The summed E-state index contributed by atoms with van der Waals surface area (Å²) in [6, 6.07) is 11.0. The van der Waals surface area contributed by atoms with E-state index in [9.17, 15) is 0 Å². The van der Waals surface area contributed by atoms with Gasteiger partial charge in [0.05, 0.1) is 0 Å². The van der Waals surface area contributed by atoms with E-state index >= 15 is 0 Å². The van der Waals surface area contributed by atoms with Crippen LogP contribution in [0.3, 0.4) is 0 Å². The molecule has 1 aromatic carbocycles. The van der Waals surface area contributed by atoms with Crippen molar-refractivity contribution in [2.75, 3.05) is 37.3 Å². The first-order chi connectivity index (χ1) is 10.6. The Morgan fingerprint density at radius 2 is 2.00 bits per heavy atom. The van der Waals surface area contributed by atoms with Gasteiger partial charge in [-0.2, -0.15) is 0 Å². The molecule has 2 N–H and O–H groups in total. The molecule has 0 amide bonds. The Labute approximate surface area is 135 Å². The average molecular weight is 318 g/mol. The molecule has 1 fully saturated rings. The Hall–Kier alpha value is -1.85. The van der Waals surface area contributed by atoms with Gasteiger partial charge in [-0.15, -0.1) is 0 Å². The zero-order valence-corrected chi connectivity index (χ0v) is 13.4. The Bertz CT molecular complexity index is 634. The average Bonchev–Trinajstić information content (AvgIpc) is 2.53. The third-order valence-corrected chi connectivity index (χ3v) is 4.55. The second-order valence-corrected chi connectivity index (χ2v) is 6.04. The first kappa shape index (κ1) is 15.1. The summed E-state index contributed by atoms with van der Waals surface area (Å²) in [7, 11) is 2.17. The van der Waals surface area contributed by atoms with Crippen molar-refractivity contribution in [1.82, 2.24) is 14.9 Å². The molecule has 2 aromatic rings. The molecule has 0 radical (unpaired) electrons. The SMILES string of the molecule is CN1CCN(c2ncnc(N)c2Cl)CC1Cc1ccccc1. The summed E-state index contributed by atoms with van der Waals surface area (Å²) >= 11 is 6.27. The normalized spacial score (nSPS) is 19.4. The molecule has 1 atom stereocenters. The molecular formula is C16H20ClN5. The van der Waals surface area contributed by atoms with E-state index in [0.717, 1.165) is 31.9 Å². The van der Waals surface area contributed by atoms with Crippen LogP contribution in [0.4, 0.5) is 11.6 Å². The van der Waals surface area contributed by atoms with E-state index in [1.807, 2.05) is 6.07 Å². The predicted molar refractivity (Wildman–Crippen MR) is 90.2 cm³/mol. The van der Waals surface area contributed by atoms with Crippen LogP contribution < -0.4 is 10.6 Å². The molecule has 5 nitrogen and oxygen atoms in total. The number of nitrogens with zero attached hydrogens (tertiary/aromatic N) is 4. The molecule has 1 aliphatic rings. The number of hydrogen-bond donors (Lipinski definition) is 1. The van der Waals surface area contributed by atoms with E-state index in [0.29, 0.717) is 16.9 Å². The molecule has 1 aromatic heterocycles. The van der Waals surface area contributed by atoms with Gasteiger partial charge in [-0.3, -0.25) is 4.90 Å². The van der Waals surface area contributed by atoms with Crippen LogP contribution in [0.15, 0.2) is 36.7 Å². The molecule has 0 aliphatic carbocycles. The van der Waals surface area contributed by atoms with Crippen LogP contribution in [0.25, 0.3) is 0 Å². The number of hydrogen-bond acceptors (Lipinski definition) is 5. The first-order valence-corrected chi connectivity index (χ1v) is 7.78. The summed E-state index contributed by atoms with van der Waals surface area (Å²) in [5, 5.41) is 0.450. The van der Waals surface area contributed by atoms with Gasteiger partial charge in [0.15, 0.2) is 5.82 Å². The second kappa shape index (κ2) is 6.50. The number of nitrogen functional groups attached to an aromatic ring is 1. The van der Waals surface area contributed by atoms with E-state index < -0.39 is 0 Å². The summed E-state index contributed by atoms with van der Waals surface area (Å²) in [6.45, 7) is 2.73. The number of rotatable bonds is 3. The molecule has 2 heterocycles. The van der Waals surface area contributed by atoms with E-state index in [4.69, 9.17) is 17.3 Å². The number of benzene rings is 1. The molecule has 1 unspecified atom stereocenters. The minimum atomic E-state index is 0.338. The maximum Gasteiger partial charge on any atom is 0.153 e. The lowest BCUT2D eigenvalue weighted by Gasteiger charge is -2.40. The number of nitrogens with two attached hydrogens (primary N) is 1. The van der Waals surface area contributed by atoms with Gasteiger partial charge >= 0.3 is 0 Å². The third kappa shape index (κ3) is 3.15.